The number of rotatable bonds is 7. The number of halogens is 3. The van der Waals surface area contributed by atoms with Crippen molar-refractivity contribution < 1.29 is 27.5 Å². The van der Waals surface area contributed by atoms with Crippen LogP contribution in [0.4, 0.5) is 13.2 Å². The molecule has 4 rings (SSSR count). The second kappa shape index (κ2) is 9.41. The average molecular weight is 474 g/mol. The van der Waals surface area contributed by atoms with E-state index in [0.29, 0.717) is 21.7 Å². The van der Waals surface area contributed by atoms with Gasteiger partial charge in [-0.2, -0.15) is 18.3 Å². The van der Waals surface area contributed by atoms with E-state index in [9.17, 15) is 22.8 Å². The molecule has 1 amide bonds. The van der Waals surface area contributed by atoms with Crippen molar-refractivity contribution in [1.29, 1.82) is 0 Å². The normalized spacial score (nSPS) is 11.5. The summed E-state index contributed by atoms with van der Waals surface area (Å²) >= 11 is 1.24. The zero-order chi connectivity index (χ0) is 23.4. The van der Waals surface area contributed by atoms with Gasteiger partial charge in [-0.1, -0.05) is 30.3 Å². The fourth-order valence-corrected chi connectivity index (χ4v) is 3.84. The van der Waals surface area contributed by atoms with Crippen LogP contribution in [0.3, 0.4) is 0 Å². The van der Waals surface area contributed by atoms with E-state index in [-0.39, 0.29) is 25.3 Å². The third-order valence-corrected chi connectivity index (χ3v) is 5.63. The van der Waals surface area contributed by atoms with Gasteiger partial charge in [-0.3, -0.25) is 14.7 Å². The molecule has 0 saturated heterocycles. The second-order valence-corrected chi connectivity index (χ2v) is 7.86. The molecule has 0 atom stereocenters. The number of alkyl halides is 3. The van der Waals surface area contributed by atoms with E-state index >= 15 is 0 Å². The first kappa shape index (κ1) is 22.5. The third-order valence-electron chi connectivity index (χ3n) is 4.69. The number of para-hydroxylation sites is 1. The number of aromatic nitrogens is 3. The van der Waals surface area contributed by atoms with Crippen molar-refractivity contribution in [2.24, 2.45) is 0 Å². The molecular formula is C22H17F3N4O3S. The highest BCUT2D eigenvalue weighted by Crippen LogP contribution is 2.31. The molecule has 0 unspecified atom stereocenters. The van der Waals surface area contributed by atoms with E-state index in [0.717, 1.165) is 17.6 Å². The van der Waals surface area contributed by atoms with Gasteiger partial charge in [0.25, 0.3) is 5.91 Å². The van der Waals surface area contributed by atoms with Gasteiger partial charge >= 0.3 is 12.1 Å². The van der Waals surface area contributed by atoms with Crippen molar-refractivity contribution in [3.8, 4) is 10.6 Å². The maximum Gasteiger partial charge on any atom is 0.416 e. The maximum atomic E-state index is 12.7. The van der Waals surface area contributed by atoms with E-state index in [1.807, 2.05) is 6.07 Å². The molecule has 7 nitrogen and oxygen atoms in total. The van der Waals surface area contributed by atoms with E-state index in [1.165, 1.54) is 23.5 Å². The molecule has 2 aromatic carbocycles. The number of hydrogen-bond donors (Lipinski definition) is 2. The molecule has 0 bridgehead atoms. The van der Waals surface area contributed by atoms with Crippen LogP contribution in [0, 0.1) is 0 Å². The Morgan fingerprint density at radius 2 is 1.85 bits per heavy atom. The van der Waals surface area contributed by atoms with Gasteiger partial charge in [0, 0.05) is 22.9 Å². The van der Waals surface area contributed by atoms with Gasteiger partial charge in [-0.15, -0.1) is 11.3 Å². The minimum atomic E-state index is -4.40. The molecular weight excluding hydrogens is 457 g/mol. The van der Waals surface area contributed by atoms with Crippen molar-refractivity contribution in [3.05, 3.63) is 70.9 Å². The van der Waals surface area contributed by atoms with Crippen molar-refractivity contribution >= 4 is 34.1 Å². The number of aromatic amines is 1. The Morgan fingerprint density at radius 3 is 2.61 bits per heavy atom. The zero-order valence-electron chi connectivity index (χ0n) is 17.0. The van der Waals surface area contributed by atoms with Crippen LogP contribution in [-0.4, -0.2) is 33.6 Å². The molecule has 0 fully saturated rings. The molecule has 2 N–H and O–H groups in total. The summed E-state index contributed by atoms with van der Waals surface area (Å²) in [5, 5.41) is 12.3. The molecule has 4 aromatic rings. The number of esters is 1. The molecule has 2 heterocycles. The van der Waals surface area contributed by atoms with Crippen molar-refractivity contribution in [2.75, 3.05) is 6.54 Å². The van der Waals surface area contributed by atoms with Gasteiger partial charge < -0.3 is 10.1 Å². The molecule has 0 saturated carbocycles. The molecule has 2 aromatic heterocycles. The highest BCUT2D eigenvalue weighted by molar-refractivity contribution is 7.13. The summed E-state index contributed by atoms with van der Waals surface area (Å²) in [4.78, 5) is 28.6. The molecule has 33 heavy (non-hydrogen) atoms. The first-order chi connectivity index (χ1) is 15.8. The Balaban J connectivity index is 1.24. The lowest BCUT2D eigenvalue weighted by molar-refractivity contribution is -0.145. The van der Waals surface area contributed by atoms with E-state index in [4.69, 9.17) is 4.74 Å². The summed E-state index contributed by atoms with van der Waals surface area (Å²) in [7, 11) is 0. The molecule has 0 aliphatic carbocycles. The summed E-state index contributed by atoms with van der Waals surface area (Å²) in [6.45, 7) is 0.000636. The zero-order valence-corrected chi connectivity index (χ0v) is 17.8. The highest BCUT2D eigenvalue weighted by atomic mass is 32.1. The lowest BCUT2D eigenvalue weighted by Gasteiger charge is -2.06. The van der Waals surface area contributed by atoms with Crippen LogP contribution >= 0.6 is 11.3 Å². The largest absolute Gasteiger partial charge is 0.459 e. The van der Waals surface area contributed by atoms with Gasteiger partial charge in [-0.25, -0.2) is 4.98 Å². The minimum Gasteiger partial charge on any atom is -0.459 e. The van der Waals surface area contributed by atoms with Gasteiger partial charge in [-0.05, 0) is 18.2 Å². The number of nitrogens with zero attached hydrogens (tertiary/aromatic N) is 2. The first-order valence-corrected chi connectivity index (χ1v) is 10.7. The monoisotopic (exact) mass is 474 g/mol. The van der Waals surface area contributed by atoms with E-state index in [2.05, 4.69) is 20.5 Å². The summed E-state index contributed by atoms with van der Waals surface area (Å²) in [6.07, 6.45) is -4.43. The highest BCUT2D eigenvalue weighted by Gasteiger charge is 2.30. The summed E-state index contributed by atoms with van der Waals surface area (Å²) in [5.41, 5.74) is 1.28. The van der Waals surface area contributed by atoms with Crippen LogP contribution in [0.2, 0.25) is 0 Å². The summed E-state index contributed by atoms with van der Waals surface area (Å²) in [6, 6.07) is 11.9. The Labute approximate surface area is 189 Å². The van der Waals surface area contributed by atoms with Crippen LogP contribution in [0.15, 0.2) is 53.9 Å². The van der Waals surface area contributed by atoms with Crippen LogP contribution < -0.4 is 5.32 Å². The van der Waals surface area contributed by atoms with Gasteiger partial charge in [0.05, 0.1) is 23.2 Å². The number of carbonyl (C=O) groups excluding carboxylic acids is 2. The third kappa shape index (κ3) is 5.37. The SMILES string of the molecule is O=C(CCNC(=O)c1n[nH]c2ccccc12)OCc1csc(-c2ccc(C(F)(F)F)cc2)n1. The summed E-state index contributed by atoms with van der Waals surface area (Å²) in [5.74, 6) is -0.924. The maximum absolute atomic E-state index is 12.7. The number of amides is 1. The number of H-pyrrole nitrogens is 1. The van der Waals surface area contributed by atoms with E-state index < -0.39 is 23.6 Å². The predicted octanol–water partition coefficient (Wildman–Crippen LogP) is 4.57. The van der Waals surface area contributed by atoms with Crippen LogP contribution in [0.5, 0.6) is 0 Å². The minimum absolute atomic E-state index is 0.0377. The predicted molar refractivity (Wildman–Crippen MR) is 115 cm³/mol. The quantitative estimate of drug-likeness (QED) is 0.383. The Morgan fingerprint density at radius 1 is 1.09 bits per heavy atom. The Kier molecular flexibility index (Phi) is 6.40. The fourth-order valence-electron chi connectivity index (χ4n) is 3.03. The van der Waals surface area contributed by atoms with Crippen LogP contribution in [0.1, 0.15) is 28.2 Å². The standard InChI is InChI=1S/C22H17F3N4O3S/c23-22(24,25)14-7-5-13(6-8-14)21-27-15(12-33-21)11-32-18(30)9-10-26-20(31)19-16-3-1-2-4-17(16)28-29-19/h1-8,12H,9-11H2,(H,26,31)(H,28,29). The lowest BCUT2D eigenvalue weighted by atomic mass is 10.1. The Hall–Kier alpha value is -3.73. The van der Waals surface area contributed by atoms with Crippen molar-refractivity contribution in [2.45, 2.75) is 19.2 Å². The molecule has 0 radical (unpaired) electrons. The van der Waals surface area contributed by atoms with Crippen molar-refractivity contribution in [3.63, 3.8) is 0 Å². The number of thiazole rings is 1. The Bertz CT molecular complexity index is 1280. The number of hydrogen-bond acceptors (Lipinski definition) is 6. The second-order valence-electron chi connectivity index (χ2n) is 7.00. The molecule has 170 valence electrons. The topological polar surface area (TPSA) is 97.0 Å². The van der Waals surface area contributed by atoms with Crippen molar-refractivity contribution in [1.82, 2.24) is 20.5 Å². The molecule has 11 heteroatoms. The number of fused-ring (bicyclic) bond motifs is 1. The van der Waals surface area contributed by atoms with Gasteiger partial charge in [0.15, 0.2) is 5.69 Å². The van der Waals surface area contributed by atoms with E-state index in [1.54, 1.807) is 23.6 Å². The van der Waals surface area contributed by atoms with Gasteiger partial charge in [0.2, 0.25) is 0 Å². The smallest absolute Gasteiger partial charge is 0.416 e. The number of ether oxygens (including phenoxy) is 1. The molecule has 0 aliphatic rings. The number of carbonyl (C=O) groups is 2. The molecule has 0 aliphatic heterocycles. The lowest BCUT2D eigenvalue weighted by Crippen LogP contribution is -2.27. The number of benzene rings is 2. The fraction of sp³-hybridized carbons (Fsp3) is 0.182. The number of nitrogens with one attached hydrogen (secondary N) is 2. The average Bonchev–Trinajstić information content (AvgIpc) is 3.44. The molecule has 0 spiro atoms. The van der Waals surface area contributed by atoms with Crippen LogP contribution in [0.25, 0.3) is 21.5 Å². The van der Waals surface area contributed by atoms with Crippen LogP contribution in [-0.2, 0) is 22.3 Å². The van der Waals surface area contributed by atoms with Gasteiger partial charge in [0.1, 0.15) is 11.6 Å². The first-order valence-electron chi connectivity index (χ1n) is 9.80. The summed E-state index contributed by atoms with van der Waals surface area (Å²) < 4.78 is 43.2.